The maximum Gasteiger partial charge on any atom is 0.326 e. The largest absolute Gasteiger partial charge is 0.481 e. The number of urea groups is 1. The average molecular weight is 300 g/mol. The molecule has 0 aliphatic rings. The fourth-order valence-corrected chi connectivity index (χ4v) is 2.29. The van der Waals surface area contributed by atoms with Crippen LogP contribution in [-0.4, -0.2) is 40.3 Å². The second kappa shape index (κ2) is 7.49. The molecule has 0 radical (unpaired) electrons. The molecule has 8 heteroatoms. The van der Waals surface area contributed by atoms with Gasteiger partial charge in [0.25, 0.3) is 0 Å². The standard InChI is InChI=1S/C12H16N2O5S/c1-7(4-8-2-3-20-6-8)13-12(19)14-9(11(17)18)5-10(15)16/h2-3,6-7,9H,4-5H2,1H3,(H,15,16)(H,17,18)(H2,13,14,19). The summed E-state index contributed by atoms with van der Waals surface area (Å²) in [4.78, 5) is 32.9. The highest BCUT2D eigenvalue weighted by Gasteiger charge is 2.23. The molecular formula is C12H16N2O5S. The molecule has 1 rings (SSSR count). The Labute approximate surface area is 119 Å². The van der Waals surface area contributed by atoms with Crippen LogP contribution in [0.15, 0.2) is 16.8 Å². The van der Waals surface area contributed by atoms with Gasteiger partial charge in [-0.1, -0.05) is 0 Å². The number of rotatable bonds is 7. The smallest absolute Gasteiger partial charge is 0.326 e. The fraction of sp³-hybridized carbons (Fsp3) is 0.417. The predicted octanol–water partition coefficient (Wildman–Crippen LogP) is 0.906. The first kappa shape index (κ1) is 16.0. The number of thiophene rings is 1. The summed E-state index contributed by atoms with van der Waals surface area (Å²) in [6, 6.07) is -0.392. The molecule has 4 N–H and O–H groups in total. The van der Waals surface area contributed by atoms with Crippen molar-refractivity contribution in [1.82, 2.24) is 10.6 Å². The minimum Gasteiger partial charge on any atom is -0.481 e. The molecule has 0 saturated heterocycles. The van der Waals surface area contributed by atoms with Gasteiger partial charge in [0.15, 0.2) is 0 Å². The highest BCUT2D eigenvalue weighted by Crippen LogP contribution is 2.08. The number of amides is 2. The van der Waals surface area contributed by atoms with Crippen LogP contribution in [0.25, 0.3) is 0 Å². The molecule has 0 aliphatic heterocycles. The Kier molecular flexibility index (Phi) is 5.98. The van der Waals surface area contributed by atoms with E-state index in [1.807, 2.05) is 16.8 Å². The summed E-state index contributed by atoms with van der Waals surface area (Å²) in [5.74, 6) is -2.67. The van der Waals surface area contributed by atoms with Crippen molar-refractivity contribution in [3.63, 3.8) is 0 Å². The summed E-state index contributed by atoms with van der Waals surface area (Å²) in [7, 11) is 0. The molecule has 7 nitrogen and oxygen atoms in total. The quantitative estimate of drug-likeness (QED) is 0.597. The topological polar surface area (TPSA) is 116 Å². The van der Waals surface area contributed by atoms with Crippen LogP contribution < -0.4 is 10.6 Å². The van der Waals surface area contributed by atoms with E-state index in [2.05, 4.69) is 10.6 Å². The first-order valence-corrected chi connectivity index (χ1v) is 6.85. The average Bonchev–Trinajstić information content (AvgIpc) is 2.79. The Hall–Kier alpha value is -2.09. The van der Waals surface area contributed by atoms with E-state index in [0.717, 1.165) is 5.56 Å². The highest BCUT2D eigenvalue weighted by molar-refractivity contribution is 7.07. The van der Waals surface area contributed by atoms with E-state index in [0.29, 0.717) is 6.42 Å². The van der Waals surface area contributed by atoms with Gasteiger partial charge >= 0.3 is 18.0 Å². The maximum absolute atomic E-state index is 11.6. The molecule has 20 heavy (non-hydrogen) atoms. The van der Waals surface area contributed by atoms with E-state index >= 15 is 0 Å². The van der Waals surface area contributed by atoms with Gasteiger partial charge in [0.1, 0.15) is 6.04 Å². The van der Waals surface area contributed by atoms with Crippen LogP contribution in [0.1, 0.15) is 18.9 Å². The van der Waals surface area contributed by atoms with Crippen molar-refractivity contribution >= 4 is 29.3 Å². The second-order valence-electron chi connectivity index (χ2n) is 4.34. The molecule has 2 unspecified atom stereocenters. The van der Waals surface area contributed by atoms with Crippen LogP contribution in [0, 0.1) is 0 Å². The number of hydrogen-bond acceptors (Lipinski definition) is 4. The van der Waals surface area contributed by atoms with E-state index in [4.69, 9.17) is 10.2 Å². The molecule has 0 aromatic carbocycles. The summed E-state index contributed by atoms with van der Waals surface area (Å²) in [5.41, 5.74) is 1.07. The van der Waals surface area contributed by atoms with Crippen molar-refractivity contribution in [2.24, 2.45) is 0 Å². The normalized spacial score (nSPS) is 13.2. The molecule has 0 saturated carbocycles. The van der Waals surface area contributed by atoms with Crippen LogP contribution in [0.3, 0.4) is 0 Å². The van der Waals surface area contributed by atoms with Gasteiger partial charge in [0, 0.05) is 6.04 Å². The lowest BCUT2D eigenvalue weighted by Crippen LogP contribution is -2.49. The molecule has 1 aromatic rings. The molecular weight excluding hydrogens is 284 g/mol. The minimum atomic E-state index is -1.44. The third-order valence-corrected chi connectivity index (χ3v) is 3.21. The van der Waals surface area contributed by atoms with Crippen LogP contribution in [-0.2, 0) is 16.0 Å². The van der Waals surface area contributed by atoms with Gasteiger partial charge in [-0.2, -0.15) is 11.3 Å². The zero-order valence-electron chi connectivity index (χ0n) is 10.8. The van der Waals surface area contributed by atoms with Crippen molar-refractivity contribution in [2.75, 3.05) is 0 Å². The van der Waals surface area contributed by atoms with E-state index < -0.39 is 30.4 Å². The van der Waals surface area contributed by atoms with Crippen molar-refractivity contribution in [3.05, 3.63) is 22.4 Å². The van der Waals surface area contributed by atoms with Crippen molar-refractivity contribution in [1.29, 1.82) is 0 Å². The van der Waals surface area contributed by atoms with Crippen LogP contribution in [0.5, 0.6) is 0 Å². The molecule has 0 bridgehead atoms. The molecule has 1 heterocycles. The van der Waals surface area contributed by atoms with Crippen LogP contribution in [0.2, 0.25) is 0 Å². The first-order chi connectivity index (χ1) is 9.38. The Balaban J connectivity index is 2.44. The van der Waals surface area contributed by atoms with Crippen molar-refractivity contribution in [2.45, 2.75) is 31.8 Å². The maximum atomic E-state index is 11.6. The molecule has 0 fully saturated rings. The van der Waals surface area contributed by atoms with Crippen molar-refractivity contribution in [3.8, 4) is 0 Å². The minimum absolute atomic E-state index is 0.191. The Morgan fingerprint density at radius 1 is 1.30 bits per heavy atom. The lowest BCUT2D eigenvalue weighted by molar-refractivity contribution is -0.145. The third-order valence-electron chi connectivity index (χ3n) is 2.48. The van der Waals surface area contributed by atoms with Crippen LogP contribution in [0.4, 0.5) is 4.79 Å². The number of hydrogen-bond donors (Lipinski definition) is 4. The number of carbonyl (C=O) groups excluding carboxylic acids is 1. The molecule has 0 spiro atoms. The Morgan fingerprint density at radius 2 is 2.00 bits per heavy atom. The third kappa shape index (κ3) is 5.70. The van der Waals surface area contributed by atoms with E-state index in [-0.39, 0.29) is 6.04 Å². The molecule has 2 amide bonds. The van der Waals surface area contributed by atoms with E-state index in [1.165, 1.54) is 0 Å². The lowest BCUT2D eigenvalue weighted by atomic mass is 10.1. The molecule has 2 atom stereocenters. The second-order valence-corrected chi connectivity index (χ2v) is 5.12. The van der Waals surface area contributed by atoms with Crippen molar-refractivity contribution < 1.29 is 24.6 Å². The zero-order chi connectivity index (χ0) is 15.1. The monoisotopic (exact) mass is 300 g/mol. The summed E-state index contributed by atoms with van der Waals surface area (Å²) in [6.07, 6.45) is -0.0464. The number of carbonyl (C=O) groups is 3. The number of aliphatic carboxylic acids is 2. The number of nitrogens with one attached hydrogen (secondary N) is 2. The summed E-state index contributed by atoms with van der Waals surface area (Å²) in [5, 5.41) is 26.0. The summed E-state index contributed by atoms with van der Waals surface area (Å²) in [6.45, 7) is 1.78. The molecule has 110 valence electrons. The highest BCUT2D eigenvalue weighted by atomic mass is 32.1. The van der Waals surface area contributed by atoms with Gasteiger partial charge in [-0.15, -0.1) is 0 Å². The molecule has 0 aliphatic carbocycles. The summed E-state index contributed by atoms with van der Waals surface area (Å²) >= 11 is 1.55. The van der Waals surface area contributed by atoms with Gasteiger partial charge in [0.05, 0.1) is 6.42 Å². The Bertz CT molecular complexity index is 474. The lowest BCUT2D eigenvalue weighted by Gasteiger charge is -2.17. The SMILES string of the molecule is CC(Cc1ccsc1)NC(=O)NC(CC(=O)O)C(=O)O. The van der Waals surface area contributed by atoms with Gasteiger partial charge in [-0.3, -0.25) is 4.79 Å². The van der Waals surface area contributed by atoms with Crippen LogP contribution >= 0.6 is 11.3 Å². The van der Waals surface area contributed by atoms with E-state index in [9.17, 15) is 14.4 Å². The van der Waals surface area contributed by atoms with Gasteiger partial charge in [-0.25, -0.2) is 9.59 Å². The van der Waals surface area contributed by atoms with Gasteiger partial charge in [0.2, 0.25) is 0 Å². The fourth-order valence-electron chi connectivity index (χ4n) is 1.61. The van der Waals surface area contributed by atoms with E-state index in [1.54, 1.807) is 18.3 Å². The van der Waals surface area contributed by atoms with Gasteiger partial charge in [-0.05, 0) is 35.7 Å². The molecule has 1 aromatic heterocycles. The summed E-state index contributed by atoms with van der Waals surface area (Å²) < 4.78 is 0. The first-order valence-electron chi connectivity index (χ1n) is 5.91. The predicted molar refractivity (Wildman–Crippen MR) is 72.8 cm³/mol. The van der Waals surface area contributed by atoms with Gasteiger partial charge < -0.3 is 20.8 Å². The Morgan fingerprint density at radius 3 is 2.50 bits per heavy atom. The zero-order valence-corrected chi connectivity index (χ0v) is 11.6. The number of carboxylic acid groups (broad SMARTS) is 2. The number of carboxylic acids is 2.